The van der Waals surface area contributed by atoms with E-state index in [-0.39, 0.29) is 27.9 Å². The summed E-state index contributed by atoms with van der Waals surface area (Å²) in [6.45, 7) is 4.41. The molecule has 0 radical (unpaired) electrons. The minimum atomic E-state index is -3.78. The lowest BCUT2D eigenvalue weighted by Crippen LogP contribution is -2.31. The van der Waals surface area contributed by atoms with Crippen LogP contribution in [-0.4, -0.2) is 41.3 Å². The molecule has 0 aliphatic rings. The lowest BCUT2D eigenvalue weighted by Gasteiger charge is -2.19. The summed E-state index contributed by atoms with van der Waals surface area (Å²) in [5.74, 6) is -0.386. The number of nitrogens with zero attached hydrogens (tertiary/aromatic N) is 3. The van der Waals surface area contributed by atoms with Crippen molar-refractivity contribution in [3.05, 3.63) is 77.3 Å². The largest absolute Gasteiger partial charge is 0.348 e. The third-order valence-corrected chi connectivity index (χ3v) is 7.26. The molecule has 7 nitrogen and oxygen atoms in total. The van der Waals surface area contributed by atoms with E-state index in [1.54, 1.807) is 26.4 Å². The maximum Gasteiger partial charge on any atom is 0.251 e. The molecule has 9 heteroatoms. The molecular formula is C21H23ClN4O3S. The van der Waals surface area contributed by atoms with E-state index in [1.165, 1.54) is 22.5 Å². The molecular weight excluding hydrogens is 424 g/mol. The van der Waals surface area contributed by atoms with Crippen LogP contribution in [0.25, 0.3) is 5.69 Å². The number of carbonyl (C=O) groups is 1. The molecule has 2 aromatic carbocycles. The molecule has 3 rings (SSSR count). The molecule has 1 heterocycles. The summed E-state index contributed by atoms with van der Waals surface area (Å²) < 4.78 is 28.9. The Kier molecular flexibility index (Phi) is 6.91. The second kappa shape index (κ2) is 9.42. The summed E-state index contributed by atoms with van der Waals surface area (Å²) in [5, 5.41) is 2.94. The number of sulfonamides is 1. The van der Waals surface area contributed by atoms with Gasteiger partial charge in [0, 0.05) is 37.6 Å². The normalized spacial score (nSPS) is 11.6. The van der Waals surface area contributed by atoms with E-state index in [1.807, 2.05) is 35.0 Å². The second-order valence-electron chi connectivity index (χ2n) is 6.52. The van der Waals surface area contributed by atoms with Gasteiger partial charge in [-0.1, -0.05) is 43.6 Å². The maximum atomic E-state index is 12.8. The molecule has 0 unspecified atom stereocenters. The number of nitrogens with one attached hydrogen (secondary N) is 1. The average molecular weight is 447 g/mol. The fraction of sp³-hybridized carbons (Fsp3) is 0.238. The Morgan fingerprint density at radius 3 is 2.57 bits per heavy atom. The number of benzene rings is 2. The molecule has 1 aromatic heterocycles. The van der Waals surface area contributed by atoms with Gasteiger partial charge in [-0.2, -0.15) is 4.31 Å². The number of imidazole rings is 1. The van der Waals surface area contributed by atoms with E-state index in [2.05, 4.69) is 10.3 Å². The van der Waals surface area contributed by atoms with Crippen molar-refractivity contribution in [3.8, 4) is 5.69 Å². The molecule has 0 saturated heterocycles. The number of rotatable bonds is 8. The van der Waals surface area contributed by atoms with Crippen molar-refractivity contribution in [1.29, 1.82) is 0 Å². The van der Waals surface area contributed by atoms with Crippen molar-refractivity contribution < 1.29 is 13.2 Å². The fourth-order valence-corrected chi connectivity index (χ4v) is 5.09. The predicted molar refractivity (Wildman–Crippen MR) is 116 cm³/mol. The molecule has 0 spiro atoms. The Morgan fingerprint density at radius 2 is 1.90 bits per heavy atom. The molecule has 30 heavy (non-hydrogen) atoms. The highest BCUT2D eigenvalue weighted by atomic mass is 35.5. The fourth-order valence-electron chi connectivity index (χ4n) is 3.14. The van der Waals surface area contributed by atoms with Crippen molar-refractivity contribution in [2.75, 3.05) is 13.1 Å². The zero-order valence-corrected chi connectivity index (χ0v) is 18.3. The third kappa shape index (κ3) is 4.56. The summed E-state index contributed by atoms with van der Waals surface area (Å²) >= 11 is 6.15. The number of carbonyl (C=O) groups excluding carboxylic acids is 1. The van der Waals surface area contributed by atoms with Gasteiger partial charge in [-0.15, -0.1) is 0 Å². The third-order valence-electron chi connectivity index (χ3n) is 4.73. The number of halogens is 1. The minimum absolute atomic E-state index is 0.0701. The molecule has 0 fully saturated rings. The lowest BCUT2D eigenvalue weighted by molar-refractivity contribution is 0.0950. The first-order chi connectivity index (χ1) is 14.4. The van der Waals surface area contributed by atoms with Gasteiger partial charge in [0.25, 0.3) is 5.91 Å². The molecule has 0 saturated carbocycles. The molecule has 0 bridgehead atoms. The van der Waals surface area contributed by atoms with Crippen molar-refractivity contribution in [2.24, 2.45) is 0 Å². The topological polar surface area (TPSA) is 84.3 Å². The van der Waals surface area contributed by atoms with Crippen LogP contribution in [0.3, 0.4) is 0 Å². The van der Waals surface area contributed by atoms with Crippen LogP contribution in [0.1, 0.15) is 29.8 Å². The highest BCUT2D eigenvalue weighted by Crippen LogP contribution is 2.26. The van der Waals surface area contributed by atoms with Crippen LogP contribution >= 0.6 is 11.6 Å². The first kappa shape index (κ1) is 22.0. The zero-order valence-electron chi connectivity index (χ0n) is 16.7. The van der Waals surface area contributed by atoms with Gasteiger partial charge in [0.05, 0.1) is 17.0 Å². The summed E-state index contributed by atoms with van der Waals surface area (Å²) in [7, 11) is -3.78. The Morgan fingerprint density at radius 1 is 1.17 bits per heavy atom. The van der Waals surface area contributed by atoms with E-state index in [9.17, 15) is 13.2 Å². The molecule has 1 N–H and O–H groups in total. The summed E-state index contributed by atoms with van der Waals surface area (Å²) in [6.07, 6.45) is 5.19. The van der Waals surface area contributed by atoms with Gasteiger partial charge in [-0.3, -0.25) is 4.79 Å². The van der Waals surface area contributed by atoms with Gasteiger partial charge in [0.2, 0.25) is 10.0 Å². The summed E-state index contributed by atoms with van der Waals surface area (Å²) in [5.41, 5.74) is 2.02. The van der Waals surface area contributed by atoms with E-state index in [0.717, 1.165) is 11.3 Å². The molecule has 0 atom stereocenters. The average Bonchev–Trinajstić information content (AvgIpc) is 3.28. The van der Waals surface area contributed by atoms with Gasteiger partial charge in [-0.05, 0) is 29.8 Å². The highest BCUT2D eigenvalue weighted by Gasteiger charge is 2.25. The van der Waals surface area contributed by atoms with Gasteiger partial charge < -0.3 is 9.88 Å². The Hall–Kier alpha value is -2.68. The number of amides is 1. The number of hydrogen-bond donors (Lipinski definition) is 1. The molecule has 0 aliphatic carbocycles. The van der Waals surface area contributed by atoms with Crippen LogP contribution in [0.4, 0.5) is 0 Å². The molecule has 158 valence electrons. The van der Waals surface area contributed by atoms with Crippen molar-refractivity contribution in [3.63, 3.8) is 0 Å². The zero-order chi connectivity index (χ0) is 21.7. The van der Waals surface area contributed by atoms with Crippen molar-refractivity contribution >= 4 is 27.5 Å². The van der Waals surface area contributed by atoms with Crippen LogP contribution in [-0.2, 0) is 16.6 Å². The van der Waals surface area contributed by atoms with Crippen LogP contribution in [0, 0.1) is 0 Å². The van der Waals surface area contributed by atoms with Crippen LogP contribution < -0.4 is 5.32 Å². The number of para-hydroxylation sites is 1. The van der Waals surface area contributed by atoms with Gasteiger partial charge in [0.1, 0.15) is 4.90 Å². The first-order valence-electron chi connectivity index (χ1n) is 9.52. The second-order valence-corrected chi connectivity index (χ2v) is 8.83. The summed E-state index contributed by atoms with van der Waals surface area (Å²) in [4.78, 5) is 16.7. The van der Waals surface area contributed by atoms with E-state index < -0.39 is 10.0 Å². The highest BCUT2D eigenvalue weighted by molar-refractivity contribution is 7.89. The van der Waals surface area contributed by atoms with Crippen molar-refractivity contribution in [2.45, 2.75) is 25.3 Å². The van der Waals surface area contributed by atoms with Gasteiger partial charge >= 0.3 is 0 Å². The Balaban J connectivity index is 1.83. The van der Waals surface area contributed by atoms with Gasteiger partial charge in [-0.25, -0.2) is 13.4 Å². The smallest absolute Gasteiger partial charge is 0.251 e. The maximum absolute atomic E-state index is 12.8. The van der Waals surface area contributed by atoms with Crippen LogP contribution in [0.2, 0.25) is 5.02 Å². The standard InChI is InChI=1S/C21H23ClN4O3S/c1-3-26(4-2)30(28,29)20-13-16(9-10-18(20)22)21(27)24-14-17-7-5-6-8-19(17)25-12-11-23-15-25/h5-13,15H,3-4,14H2,1-2H3,(H,24,27). The van der Waals surface area contributed by atoms with Crippen LogP contribution in [0.15, 0.2) is 66.1 Å². The molecule has 1 amide bonds. The molecule has 3 aromatic rings. The Labute approximate surface area is 181 Å². The summed E-state index contributed by atoms with van der Waals surface area (Å²) in [6, 6.07) is 11.9. The SMILES string of the molecule is CCN(CC)S(=O)(=O)c1cc(C(=O)NCc2ccccc2-n2ccnc2)ccc1Cl. The monoisotopic (exact) mass is 446 g/mol. The van der Waals surface area contributed by atoms with Crippen molar-refractivity contribution in [1.82, 2.24) is 19.2 Å². The molecule has 0 aliphatic heterocycles. The predicted octanol–water partition coefficient (Wildman–Crippen LogP) is 3.49. The number of hydrogen-bond acceptors (Lipinski definition) is 4. The lowest BCUT2D eigenvalue weighted by atomic mass is 10.1. The van der Waals surface area contributed by atoms with E-state index in [0.29, 0.717) is 13.1 Å². The Bertz CT molecular complexity index is 1130. The number of aromatic nitrogens is 2. The van der Waals surface area contributed by atoms with E-state index in [4.69, 9.17) is 11.6 Å². The van der Waals surface area contributed by atoms with Gasteiger partial charge in [0.15, 0.2) is 0 Å². The van der Waals surface area contributed by atoms with Crippen LogP contribution in [0.5, 0.6) is 0 Å². The van der Waals surface area contributed by atoms with E-state index >= 15 is 0 Å². The first-order valence-corrected chi connectivity index (χ1v) is 11.3. The quantitative estimate of drug-likeness (QED) is 0.574. The minimum Gasteiger partial charge on any atom is -0.348 e.